The molecule has 0 saturated heterocycles. The molecular weight excluding hydrogens is 904 g/mol. The quantitative estimate of drug-likeness (QED) is 0.0447. The third-order valence-electron chi connectivity index (χ3n) is 15.2. The van der Waals surface area contributed by atoms with E-state index in [2.05, 4.69) is 131 Å². The van der Waals surface area contributed by atoms with E-state index in [1.54, 1.807) is 6.07 Å². The van der Waals surface area contributed by atoms with Crippen molar-refractivity contribution in [2.24, 2.45) is 11.8 Å². The summed E-state index contributed by atoms with van der Waals surface area (Å²) in [5.74, 6) is 3.95. The van der Waals surface area contributed by atoms with Crippen molar-refractivity contribution in [2.45, 2.75) is 155 Å². The number of ether oxygens (including phenoxy) is 4. The van der Waals surface area contributed by atoms with Gasteiger partial charge in [-0.05, 0) is 225 Å². The molecule has 6 aromatic carbocycles. The molecule has 0 radical (unpaired) electrons. The SMILES string of the molecule is Cc1ccc(-c2ccc(OCCCCCCOC(=O)C3CCC(c4ccc(C)cc4)CC3)cc2)cc1.Cc1ccc(CCC2CCC(c3ccc(OCCCCCCOc4ccc(C)cc4)c(F)c3)CC2)cc1. The van der Waals surface area contributed by atoms with Crippen LogP contribution in [-0.2, 0) is 16.0 Å². The van der Waals surface area contributed by atoms with Gasteiger partial charge in [-0.2, -0.15) is 0 Å². The van der Waals surface area contributed by atoms with Gasteiger partial charge in [0.2, 0.25) is 0 Å². The van der Waals surface area contributed by atoms with Crippen molar-refractivity contribution in [1.29, 1.82) is 0 Å². The first kappa shape index (κ1) is 54.9. The number of hydrogen-bond acceptors (Lipinski definition) is 5. The highest BCUT2D eigenvalue weighted by atomic mass is 19.1. The Kier molecular flexibility index (Phi) is 22.3. The summed E-state index contributed by atoms with van der Waals surface area (Å²) >= 11 is 0. The van der Waals surface area contributed by atoms with Gasteiger partial charge in [-0.15, -0.1) is 0 Å². The average Bonchev–Trinajstić information content (AvgIpc) is 3.42. The number of esters is 1. The van der Waals surface area contributed by atoms with Crippen molar-refractivity contribution >= 4 is 5.97 Å². The fourth-order valence-electron chi connectivity index (χ4n) is 10.4. The van der Waals surface area contributed by atoms with E-state index in [9.17, 15) is 9.18 Å². The van der Waals surface area contributed by atoms with Gasteiger partial charge in [-0.3, -0.25) is 4.79 Å². The van der Waals surface area contributed by atoms with Gasteiger partial charge in [0.05, 0.1) is 32.3 Å². The van der Waals surface area contributed by atoms with E-state index in [0.29, 0.717) is 37.4 Å². The molecule has 6 aromatic rings. The lowest BCUT2D eigenvalue weighted by Crippen LogP contribution is -2.23. The standard InChI is InChI=1S/C34H43FO2.C33H40O3/c1-26-7-11-28(12-8-26)13-14-29-15-17-30(18-16-29)31-19-22-34(33(35)25-31)37-24-6-4-3-5-23-36-32-20-9-27(2)10-21-32;1-25-7-11-27(12-8-25)29-15-17-31(18-16-29)33(34)36-24-6-4-3-5-23-35-32-21-19-30(20-22-32)28-13-9-26(2)10-14-28/h7-12,19-22,25,29-30H,3-6,13-18,23-24H2,1-2H3;7-14,19-22,29,31H,3-6,15-18,23-24H2,1-2H3. The zero-order valence-electron chi connectivity index (χ0n) is 44.6. The molecule has 0 aliphatic heterocycles. The highest BCUT2D eigenvalue weighted by Crippen LogP contribution is 2.39. The molecule has 6 heteroatoms. The molecule has 5 nitrogen and oxygen atoms in total. The molecular formula is C67H83FO5. The maximum Gasteiger partial charge on any atom is 0.308 e. The first-order chi connectivity index (χ1) is 35.6. The van der Waals surface area contributed by atoms with Crippen LogP contribution < -0.4 is 14.2 Å². The van der Waals surface area contributed by atoms with E-state index in [1.807, 2.05) is 30.3 Å². The van der Waals surface area contributed by atoms with Crippen molar-refractivity contribution in [3.8, 4) is 28.4 Å². The zero-order chi connectivity index (χ0) is 51.0. The van der Waals surface area contributed by atoms with Crippen LogP contribution in [0.15, 0.2) is 140 Å². The number of rotatable bonds is 24. The highest BCUT2D eigenvalue weighted by molar-refractivity contribution is 5.72. The van der Waals surface area contributed by atoms with Crippen LogP contribution in [0.2, 0.25) is 0 Å². The Labute approximate surface area is 438 Å². The van der Waals surface area contributed by atoms with E-state index < -0.39 is 0 Å². The summed E-state index contributed by atoms with van der Waals surface area (Å²) < 4.78 is 37.8. The molecule has 0 spiro atoms. The number of hydrogen-bond donors (Lipinski definition) is 0. The Hall–Kier alpha value is -5.88. The molecule has 73 heavy (non-hydrogen) atoms. The molecule has 0 unspecified atom stereocenters. The Morgan fingerprint density at radius 1 is 0.452 bits per heavy atom. The van der Waals surface area contributed by atoms with Crippen molar-refractivity contribution in [3.05, 3.63) is 184 Å². The van der Waals surface area contributed by atoms with Crippen LogP contribution in [0, 0.1) is 45.3 Å². The van der Waals surface area contributed by atoms with E-state index >= 15 is 0 Å². The molecule has 0 amide bonds. The summed E-state index contributed by atoms with van der Waals surface area (Å²) in [5.41, 5.74) is 11.6. The van der Waals surface area contributed by atoms with E-state index in [-0.39, 0.29) is 17.7 Å². The normalized spacial score (nSPS) is 17.5. The summed E-state index contributed by atoms with van der Waals surface area (Å²) in [6, 6.07) is 48.5. The maximum absolute atomic E-state index is 14.7. The predicted octanol–water partition coefficient (Wildman–Crippen LogP) is 17.8. The van der Waals surface area contributed by atoms with E-state index in [4.69, 9.17) is 18.9 Å². The third-order valence-corrected chi connectivity index (χ3v) is 15.2. The summed E-state index contributed by atoms with van der Waals surface area (Å²) in [6.45, 7) is 11.0. The number of halogens is 1. The van der Waals surface area contributed by atoms with Crippen molar-refractivity contribution in [1.82, 2.24) is 0 Å². The number of unbranched alkanes of at least 4 members (excludes halogenated alkanes) is 6. The molecule has 2 fully saturated rings. The molecule has 0 heterocycles. The molecule has 0 aromatic heterocycles. The summed E-state index contributed by atoms with van der Waals surface area (Å²) in [4.78, 5) is 12.5. The van der Waals surface area contributed by atoms with Crippen LogP contribution in [0.25, 0.3) is 11.1 Å². The Morgan fingerprint density at radius 3 is 1.42 bits per heavy atom. The zero-order valence-corrected chi connectivity index (χ0v) is 44.6. The number of carbonyl (C=O) groups excluding carboxylic acids is 1. The first-order valence-corrected chi connectivity index (χ1v) is 27.9. The van der Waals surface area contributed by atoms with Gasteiger partial charge in [0, 0.05) is 0 Å². The van der Waals surface area contributed by atoms with Crippen LogP contribution in [0.3, 0.4) is 0 Å². The lowest BCUT2D eigenvalue weighted by atomic mass is 9.77. The average molecular weight is 987 g/mol. The van der Waals surface area contributed by atoms with Gasteiger partial charge in [0.25, 0.3) is 0 Å². The number of benzene rings is 6. The third kappa shape index (κ3) is 18.8. The molecule has 0 N–H and O–H groups in total. The topological polar surface area (TPSA) is 54.0 Å². The van der Waals surface area contributed by atoms with Crippen LogP contribution in [-0.4, -0.2) is 32.4 Å². The summed E-state index contributed by atoms with van der Waals surface area (Å²) in [7, 11) is 0. The lowest BCUT2D eigenvalue weighted by Gasteiger charge is -2.29. The van der Waals surface area contributed by atoms with Crippen LogP contribution in [0.4, 0.5) is 4.39 Å². The summed E-state index contributed by atoms with van der Waals surface area (Å²) in [6.07, 6.45) is 19.5. The largest absolute Gasteiger partial charge is 0.494 e. The van der Waals surface area contributed by atoms with Gasteiger partial charge < -0.3 is 18.9 Å². The van der Waals surface area contributed by atoms with Crippen molar-refractivity contribution < 1.29 is 28.1 Å². The smallest absolute Gasteiger partial charge is 0.308 e. The molecule has 388 valence electrons. The van der Waals surface area contributed by atoms with Crippen molar-refractivity contribution in [3.63, 3.8) is 0 Å². The second-order valence-corrected chi connectivity index (χ2v) is 21.1. The monoisotopic (exact) mass is 987 g/mol. The highest BCUT2D eigenvalue weighted by Gasteiger charge is 2.28. The number of carbonyl (C=O) groups is 1. The number of aryl methyl sites for hydroxylation is 5. The minimum Gasteiger partial charge on any atom is -0.494 e. The summed E-state index contributed by atoms with van der Waals surface area (Å²) in [5, 5.41) is 0. The Bertz CT molecular complexity index is 2480. The van der Waals surface area contributed by atoms with E-state index in [0.717, 1.165) is 126 Å². The van der Waals surface area contributed by atoms with Crippen LogP contribution in [0.5, 0.6) is 17.2 Å². The lowest BCUT2D eigenvalue weighted by molar-refractivity contribution is -0.149. The van der Waals surface area contributed by atoms with Gasteiger partial charge in [-0.1, -0.05) is 125 Å². The molecule has 8 rings (SSSR count). The molecule has 2 aliphatic carbocycles. The van der Waals surface area contributed by atoms with E-state index in [1.165, 1.54) is 63.8 Å². The first-order valence-electron chi connectivity index (χ1n) is 27.9. The molecule has 0 atom stereocenters. The van der Waals surface area contributed by atoms with Gasteiger partial charge >= 0.3 is 5.97 Å². The molecule has 2 aliphatic rings. The van der Waals surface area contributed by atoms with Gasteiger partial charge in [-0.25, -0.2) is 4.39 Å². The minimum absolute atomic E-state index is 0.00905. The second-order valence-electron chi connectivity index (χ2n) is 21.1. The fraction of sp³-hybridized carbons (Fsp3) is 0.448. The Morgan fingerprint density at radius 2 is 0.877 bits per heavy atom. The Balaban J connectivity index is 0.000000214. The maximum atomic E-state index is 14.7. The van der Waals surface area contributed by atoms with Crippen molar-refractivity contribution in [2.75, 3.05) is 26.4 Å². The van der Waals surface area contributed by atoms with Crippen LogP contribution in [0.1, 0.15) is 160 Å². The fourth-order valence-corrected chi connectivity index (χ4v) is 10.4. The second kappa shape index (κ2) is 29.7. The molecule has 2 saturated carbocycles. The van der Waals surface area contributed by atoms with Gasteiger partial charge in [0.15, 0.2) is 11.6 Å². The van der Waals surface area contributed by atoms with Gasteiger partial charge in [0.1, 0.15) is 11.5 Å². The minimum atomic E-state index is -0.217. The predicted molar refractivity (Wildman–Crippen MR) is 299 cm³/mol. The molecule has 0 bridgehead atoms. The van der Waals surface area contributed by atoms with Crippen LogP contribution >= 0.6 is 0 Å².